The number of benzene rings is 1. The van der Waals surface area contributed by atoms with Gasteiger partial charge in [-0.05, 0) is 24.5 Å². The van der Waals surface area contributed by atoms with E-state index in [9.17, 15) is 4.79 Å². The minimum atomic E-state index is -0.316. The number of hydrogen-bond donors (Lipinski definition) is 2. The number of hydrogen-bond acceptors (Lipinski definition) is 2. The molecule has 0 aliphatic heterocycles. The van der Waals surface area contributed by atoms with E-state index in [1.54, 1.807) is 7.05 Å². The topological polar surface area (TPSA) is 41.1 Å². The van der Waals surface area contributed by atoms with Crippen molar-refractivity contribution < 1.29 is 4.79 Å². The van der Waals surface area contributed by atoms with Crippen molar-refractivity contribution in [1.82, 2.24) is 10.9 Å². The summed E-state index contributed by atoms with van der Waals surface area (Å²) in [7, 11) is 1.70. The predicted octanol–water partition coefficient (Wildman–Crippen LogP) is 1.73. The lowest BCUT2D eigenvalue weighted by molar-refractivity contribution is -0.124. The summed E-state index contributed by atoms with van der Waals surface area (Å²) in [6.07, 6.45) is 1.84. The number of halogens is 1. The van der Waals surface area contributed by atoms with Gasteiger partial charge in [-0.25, -0.2) is 5.43 Å². The molecule has 2 N–H and O–H groups in total. The van der Waals surface area contributed by atoms with Crippen molar-refractivity contribution in [2.45, 2.75) is 18.3 Å². The average Bonchev–Trinajstić information content (AvgIpc) is 3.00. The summed E-state index contributed by atoms with van der Waals surface area (Å²) in [4.78, 5) is 11.9. The van der Waals surface area contributed by atoms with Gasteiger partial charge in [-0.2, -0.15) is 0 Å². The molecule has 0 unspecified atom stereocenters. The van der Waals surface area contributed by atoms with E-state index in [0.717, 1.165) is 22.9 Å². The van der Waals surface area contributed by atoms with E-state index < -0.39 is 0 Å². The van der Waals surface area contributed by atoms with E-state index in [1.165, 1.54) is 0 Å². The minimum absolute atomic E-state index is 0.0527. The molecule has 2 rings (SSSR count). The number of rotatable bonds is 3. The molecule has 0 atom stereocenters. The molecule has 0 radical (unpaired) electrons. The number of carbonyl (C=O) groups excluding carboxylic acids is 1. The molecule has 0 spiro atoms. The first kappa shape index (κ1) is 10.6. The van der Waals surface area contributed by atoms with Crippen molar-refractivity contribution >= 4 is 21.8 Å². The Labute approximate surface area is 97.3 Å². The standard InChI is InChI=1S/C11H13BrN2O/c1-13-14-10(15)11(6-7-11)8-4-2-3-5-9(8)12/h2-5,13H,6-7H2,1H3,(H,14,15). The molecule has 1 aliphatic carbocycles. The third-order valence-electron chi connectivity index (χ3n) is 2.81. The largest absolute Gasteiger partial charge is 0.291 e. The summed E-state index contributed by atoms with van der Waals surface area (Å²) < 4.78 is 1.01. The van der Waals surface area contributed by atoms with Crippen molar-refractivity contribution in [2.24, 2.45) is 0 Å². The second-order valence-corrected chi connectivity index (χ2v) is 4.62. The molecule has 15 heavy (non-hydrogen) atoms. The number of hydrazine groups is 1. The lowest BCUT2D eigenvalue weighted by atomic mass is 9.95. The summed E-state index contributed by atoms with van der Waals surface area (Å²) in [5.74, 6) is 0.0527. The van der Waals surface area contributed by atoms with Gasteiger partial charge in [-0.3, -0.25) is 10.2 Å². The Bertz CT molecular complexity index is 388. The van der Waals surface area contributed by atoms with Gasteiger partial charge in [-0.15, -0.1) is 0 Å². The van der Waals surface area contributed by atoms with Crippen molar-refractivity contribution in [1.29, 1.82) is 0 Å². The molecule has 0 saturated heterocycles. The van der Waals surface area contributed by atoms with Gasteiger partial charge in [0, 0.05) is 11.5 Å². The van der Waals surface area contributed by atoms with Gasteiger partial charge in [0.05, 0.1) is 5.41 Å². The van der Waals surface area contributed by atoms with E-state index in [-0.39, 0.29) is 11.3 Å². The van der Waals surface area contributed by atoms with Gasteiger partial charge in [0.15, 0.2) is 0 Å². The van der Waals surface area contributed by atoms with Gasteiger partial charge in [0.2, 0.25) is 5.91 Å². The van der Waals surface area contributed by atoms with Crippen LogP contribution in [0.4, 0.5) is 0 Å². The molecule has 1 amide bonds. The summed E-state index contributed by atoms with van der Waals surface area (Å²) in [6.45, 7) is 0. The highest BCUT2D eigenvalue weighted by atomic mass is 79.9. The quantitative estimate of drug-likeness (QED) is 0.820. The summed E-state index contributed by atoms with van der Waals surface area (Å²) >= 11 is 3.49. The average molecular weight is 269 g/mol. The van der Waals surface area contributed by atoms with Crippen LogP contribution in [0, 0.1) is 0 Å². The SMILES string of the molecule is CNNC(=O)C1(c2ccccc2Br)CC1. The third-order valence-corrected chi connectivity index (χ3v) is 3.50. The van der Waals surface area contributed by atoms with Crippen LogP contribution in [0.25, 0.3) is 0 Å². The van der Waals surface area contributed by atoms with Crippen LogP contribution in [-0.4, -0.2) is 13.0 Å². The van der Waals surface area contributed by atoms with Crippen molar-refractivity contribution in [3.8, 4) is 0 Å². The fraction of sp³-hybridized carbons (Fsp3) is 0.364. The zero-order valence-electron chi connectivity index (χ0n) is 8.51. The van der Waals surface area contributed by atoms with Gasteiger partial charge in [0.1, 0.15) is 0 Å². The molecule has 4 heteroatoms. The molecule has 3 nitrogen and oxygen atoms in total. The molecule has 80 valence electrons. The molecule has 0 aromatic heterocycles. The van der Waals surface area contributed by atoms with Crippen LogP contribution in [0.2, 0.25) is 0 Å². The molecular weight excluding hydrogens is 256 g/mol. The smallest absolute Gasteiger partial charge is 0.244 e. The molecule has 1 saturated carbocycles. The Kier molecular flexibility index (Phi) is 2.80. The fourth-order valence-electron chi connectivity index (χ4n) is 1.83. The van der Waals surface area contributed by atoms with E-state index in [0.29, 0.717) is 0 Å². The number of nitrogens with one attached hydrogen (secondary N) is 2. The van der Waals surface area contributed by atoms with Gasteiger partial charge in [-0.1, -0.05) is 34.1 Å². The molecule has 1 aromatic carbocycles. The molecule has 0 heterocycles. The minimum Gasteiger partial charge on any atom is -0.291 e. The van der Waals surface area contributed by atoms with Crippen molar-refractivity contribution in [2.75, 3.05) is 7.05 Å². The molecule has 1 aliphatic rings. The number of carbonyl (C=O) groups is 1. The Balaban J connectivity index is 2.31. The van der Waals surface area contributed by atoms with Gasteiger partial charge >= 0.3 is 0 Å². The van der Waals surface area contributed by atoms with Crippen molar-refractivity contribution in [3.63, 3.8) is 0 Å². The Morgan fingerprint density at radius 1 is 1.40 bits per heavy atom. The van der Waals surface area contributed by atoms with Crippen LogP contribution >= 0.6 is 15.9 Å². The highest BCUT2D eigenvalue weighted by Crippen LogP contribution is 2.50. The fourth-order valence-corrected chi connectivity index (χ4v) is 2.49. The monoisotopic (exact) mass is 268 g/mol. The van der Waals surface area contributed by atoms with Gasteiger partial charge in [0.25, 0.3) is 0 Å². The zero-order chi connectivity index (χ0) is 10.9. The Morgan fingerprint density at radius 2 is 2.07 bits per heavy atom. The van der Waals surface area contributed by atoms with Crippen LogP contribution in [0.3, 0.4) is 0 Å². The van der Waals surface area contributed by atoms with Crippen LogP contribution in [-0.2, 0) is 10.2 Å². The first-order chi connectivity index (χ1) is 7.20. The van der Waals surface area contributed by atoms with Gasteiger partial charge < -0.3 is 0 Å². The van der Waals surface area contributed by atoms with Crippen LogP contribution in [0.15, 0.2) is 28.7 Å². The first-order valence-corrected chi connectivity index (χ1v) is 5.72. The maximum absolute atomic E-state index is 11.9. The lowest BCUT2D eigenvalue weighted by Gasteiger charge is -2.16. The third kappa shape index (κ3) is 1.79. The second-order valence-electron chi connectivity index (χ2n) is 3.77. The molecule has 0 bridgehead atoms. The van der Waals surface area contributed by atoms with Crippen LogP contribution in [0.5, 0.6) is 0 Å². The maximum atomic E-state index is 11.9. The molecule has 1 aromatic rings. The highest BCUT2D eigenvalue weighted by molar-refractivity contribution is 9.10. The molecule has 1 fully saturated rings. The van der Waals surface area contributed by atoms with E-state index in [4.69, 9.17) is 0 Å². The number of amides is 1. The Morgan fingerprint density at radius 3 is 2.60 bits per heavy atom. The van der Waals surface area contributed by atoms with E-state index >= 15 is 0 Å². The first-order valence-electron chi connectivity index (χ1n) is 4.93. The normalized spacial score (nSPS) is 17.2. The van der Waals surface area contributed by atoms with Crippen LogP contribution < -0.4 is 10.9 Å². The lowest BCUT2D eigenvalue weighted by Crippen LogP contribution is -2.41. The summed E-state index contributed by atoms with van der Waals surface area (Å²) in [5.41, 5.74) is 6.12. The summed E-state index contributed by atoms with van der Waals surface area (Å²) in [6, 6.07) is 7.90. The maximum Gasteiger partial charge on any atom is 0.244 e. The second kappa shape index (κ2) is 3.94. The van der Waals surface area contributed by atoms with Crippen LogP contribution in [0.1, 0.15) is 18.4 Å². The zero-order valence-corrected chi connectivity index (χ0v) is 10.1. The highest BCUT2D eigenvalue weighted by Gasteiger charge is 2.52. The molecular formula is C11H13BrN2O. The predicted molar refractivity (Wildman–Crippen MR) is 62.3 cm³/mol. The summed E-state index contributed by atoms with van der Waals surface area (Å²) in [5, 5.41) is 0. The Hall–Kier alpha value is -0.870. The van der Waals surface area contributed by atoms with Crippen molar-refractivity contribution in [3.05, 3.63) is 34.3 Å². The van der Waals surface area contributed by atoms with E-state index in [1.807, 2.05) is 24.3 Å². The van der Waals surface area contributed by atoms with E-state index in [2.05, 4.69) is 26.8 Å².